The minimum Gasteiger partial charge on any atom is -0.394 e. The van der Waals surface area contributed by atoms with Crippen LogP contribution in [0.3, 0.4) is 0 Å². The molecule has 0 fully saturated rings. The van der Waals surface area contributed by atoms with Crippen LogP contribution >= 0.6 is 0 Å². The van der Waals surface area contributed by atoms with E-state index in [4.69, 9.17) is 10.8 Å². The number of carbonyl (C=O) groups excluding carboxylic acids is 1. The summed E-state index contributed by atoms with van der Waals surface area (Å²) in [5.41, 5.74) is 5.93. The Bertz CT molecular complexity index is 387. The Balaban J connectivity index is 2.88. The third-order valence-electron chi connectivity index (χ3n) is 2.73. The lowest BCUT2D eigenvalue weighted by Crippen LogP contribution is -2.38. The molecule has 4 N–H and O–H groups in total. The summed E-state index contributed by atoms with van der Waals surface area (Å²) in [4.78, 5) is 15.7. The zero-order valence-corrected chi connectivity index (χ0v) is 10.5. The Morgan fingerprint density at radius 1 is 1.71 bits per heavy atom. The van der Waals surface area contributed by atoms with E-state index in [2.05, 4.69) is 10.3 Å². The number of rotatable bonds is 5. The molecule has 1 aromatic rings. The SMILES string of the molecule is CNC(=O)C(C)(C)Cn1cncc1C(N)CO. The van der Waals surface area contributed by atoms with Crippen LogP contribution in [-0.4, -0.2) is 34.2 Å². The monoisotopic (exact) mass is 240 g/mol. The molecule has 17 heavy (non-hydrogen) atoms. The fraction of sp³-hybridized carbons (Fsp3) is 0.636. The summed E-state index contributed by atoms with van der Waals surface area (Å²) in [7, 11) is 1.61. The number of aliphatic hydroxyl groups is 1. The van der Waals surface area contributed by atoms with Crippen molar-refractivity contribution in [3.05, 3.63) is 18.2 Å². The van der Waals surface area contributed by atoms with Crippen molar-refractivity contribution in [2.24, 2.45) is 11.1 Å². The first-order valence-electron chi connectivity index (χ1n) is 5.51. The van der Waals surface area contributed by atoms with Crippen molar-refractivity contribution in [3.8, 4) is 0 Å². The van der Waals surface area contributed by atoms with Gasteiger partial charge in [0.1, 0.15) is 0 Å². The lowest BCUT2D eigenvalue weighted by molar-refractivity contribution is -0.129. The van der Waals surface area contributed by atoms with E-state index in [0.717, 1.165) is 5.69 Å². The van der Waals surface area contributed by atoms with Crippen molar-refractivity contribution in [2.75, 3.05) is 13.7 Å². The van der Waals surface area contributed by atoms with Crippen LogP contribution in [0.2, 0.25) is 0 Å². The van der Waals surface area contributed by atoms with Crippen molar-refractivity contribution in [3.63, 3.8) is 0 Å². The van der Waals surface area contributed by atoms with E-state index < -0.39 is 11.5 Å². The Labute approximate surface area is 101 Å². The molecule has 1 amide bonds. The molecular weight excluding hydrogens is 220 g/mol. The molecule has 0 saturated carbocycles. The van der Waals surface area contributed by atoms with Gasteiger partial charge < -0.3 is 20.7 Å². The predicted octanol–water partition coefficient (Wildman–Crippen LogP) is -0.353. The summed E-state index contributed by atoms with van der Waals surface area (Å²) in [6.07, 6.45) is 3.23. The Morgan fingerprint density at radius 2 is 2.35 bits per heavy atom. The van der Waals surface area contributed by atoms with Gasteiger partial charge in [0.2, 0.25) is 5.91 Å². The highest BCUT2D eigenvalue weighted by Crippen LogP contribution is 2.20. The van der Waals surface area contributed by atoms with Crippen LogP contribution in [0.1, 0.15) is 25.6 Å². The molecular formula is C11H20N4O2. The van der Waals surface area contributed by atoms with Crippen molar-refractivity contribution < 1.29 is 9.90 Å². The van der Waals surface area contributed by atoms with Gasteiger partial charge >= 0.3 is 0 Å². The van der Waals surface area contributed by atoms with Gasteiger partial charge in [0, 0.05) is 19.8 Å². The smallest absolute Gasteiger partial charge is 0.227 e. The van der Waals surface area contributed by atoms with Crippen molar-refractivity contribution in [1.82, 2.24) is 14.9 Å². The number of carbonyl (C=O) groups is 1. The number of aliphatic hydroxyl groups excluding tert-OH is 1. The lowest BCUT2D eigenvalue weighted by atomic mass is 9.92. The second-order valence-corrected chi connectivity index (χ2v) is 4.70. The topological polar surface area (TPSA) is 93.2 Å². The highest BCUT2D eigenvalue weighted by molar-refractivity contribution is 5.81. The number of aromatic nitrogens is 2. The zero-order valence-electron chi connectivity index (χ0n) is 10.5. The van der Waals surface area contributed by atoms with E-state index in [9.17, 15) is 4.79 Å². The highest BCUT2D eigenvalue weighted by atomic mass is 16.3. The molecule has 0 aromatic carbocycles. The molecule has 1 aromatic heterocycles. The fourth-order valence-electron chi connectivity index (χ4n) is 1.70. The van der Waals surface area contributed by atoms with Gasteiger partial charge in [-0.1, -0.05) is 0 Å². The Hall–Kier alpha value is -1.40. The number of imidazole rings is 1. The predicted molar refractivity (Wildman–Crippen MR) is 64.1 cm³/mol. The minimum atomic E-state index is -0.556. The number of nitrogens with zero attached hydrogens (tertiary/aromatic N) is 2. The standard InChI is InChI=1S/C11H20N4O2/c1-11(2,10(17)13-3)6-15-7-14-4-9(15)8(12)5-16/h4,7-8,16H,5-6,12H2,1-3H3,(H,13,17). The largest absolute Gasteiger partial charge is 0.394 e. The lowest BCUT2D eigenvalue weighted by Gasteiger charge is -2.24. The van der Waals surface area contributed by atoms with Crippen LogP contribution < -0.4 is 11.1 Å². The molecule has 0 saturated heterocycles. The number of hydrogen-bond acceptors (Lipinski definition) is 4. The van der Waals surface area contributed by atoms with Gasteiger partial charge in [-0.2, -0.15) is 0 Å². The summed E-state index contributed by atoms with van der Waals surface area (Å²) >= 11 is 0. The minimum absolute atomic E-state index is 0.0466. The van der Waals surface area contributed by atoms with Gasteiger partial charge in [0.15, 0.2) is 0 Å². The van der Waals surface area contributed by atoms with E-state index in [1.54, 1.807) is 24.1 Å². The molecule has 0 radical (unpaired) electrons. The average molecular weight is 240 g/mol. The molecule has 0 aliphatic rings. The molecule has 0 aliphatic carbocycles. The Morgan fingerprint density at radius 3 is 2.88 bits per heavy atom. The van der Waals surface area contributed by atoms with Crippen molar-refractivity contribution in [2.45, 2.75) is 26.4 Å². The van der Waals surface area contributed by atoms with Crippen LogP contribution in [0.4, 0.5) is 0 Å². The molecule has 6 nitrogen and oxygen atoms in total. The van der Waals surface area contributed by atoms with E-state index in [1.165, 1.54) is 0 Å². The molecule has 1 unspecified atom stereocenters. The van der Waals surface area contributed by atoms with E-state index in [-0.39, 0.29) is 12.5 Å². The second kappa shape index (κ2) is 5.29. The number of nitrogens with one attached hydrogen (secondary N) is 1. The first-order valence-corrected chi connectivity index (χ1v) is 5.51. The summed E-state index contributed by atoms with van der Waals surface area (Å²) in [5.74, 6) is -0.0466. The van der Waals surface area contributed by atoms with Crippen LogP contribution in [0.25, 0.3) is 0 Å². The normalized spacial score (nSPS) is 13.5. The molecule has 96 valence electrons. The third-order valence-corrected chi connectivity index (χ3v) is 2.73. The van der Waals surface area contributed by atoms with Crippen LogP contribution in [-0.2, 0) is 11.3 Å². The van der Waals surface area contributed by atoms with Crippen LogP contribution in [0.5, 0.6) is 0 Å². The van der Waals surface area contributed by atoms with Gasteiger partial charge in [-0.15, -0.1) is 0 Å². The number of amides is 1. The quantitative estimate of drug-likeness (QED) is 0.655. The second-order valence-electron chi connectivity index (χ2n) is 4.70. The fourth-order valence-corrected chi connectivity index (χ4v) is 1.70. The summed E-state index contributed by atoms with van der Waals surface area (Å²) < 4.78 is 1.80. The molecule has 0 aliphatic heterocycles. The molecule has 6 heteroatoms. The van der Waals surface area contributed by atoms with Crippen molar-refractivity contribution in [1.29, 1.82) is 0 Å². The van der Waals surface area contributed by atoms with E-state index in [0.29, 0.717) is 6.54 Å². The summed E-state index contributed by atoms with van der Waals surface area (Å²) in [5, 5.41) is 11.7. The van der Waals surface area contributed by atoms with E-state index >= 15 is 0 Å². The Kier molecular flexibility index (Phi) is 4.25. The van der Waals surface area contributed by atoms with Crippen LogP contribution in [0.15, 0.2) is 12.5 Å². The number of nitrogens with two attached hydrogens (primary N) is 1. The maximum Gasteiger partial charge on any atom is 0.227 e. The van der Waals surface area contributed by atoms with Crippen molar-refractivity contribution >= 4 is 5.91 Å². The maximum atomic E-state index is 11.7. The first-order chi connectivity index (χ1) is 7.92. The number of hydrogen-bond donors (Lipinski definition) is 3. The molecule has 1 heterocycles. The van der Waals surface area contributed by atoms with Gasteiger partial charge in [-0.3, -0.25) is 4.79 Å². The zero-order chi connectivity index (χ0) is 13.1. The molecule has 0 bridgehead atoms. The van der Waals surface area contributed by atoms with E-state index in [1.807, 2.05) is 13.8 Å². The third kappa shape index (κ3) is 3.04. The molecule has 1 atom stereocenters. The first kappa shape index (κ1) is 13.7. The summed E-state index contributed by atoms with van der Waals surface area (Å²) in [6, 6.07) is -0.474. The summed E-state index contributed by atoms with van der Waals surface area (Å²) in [6.45, 7) is 4.02. The molecule has 0 spiro atoms. The van der Waals surface area contributed by atoms with Gasteiger partial charge in [-0.05, 0) is 13.8 Å². The van der Waals surface area contributed by atoms with Gasteiger partial charge in [0.05, 0.1) is 30.1 Å². The van der Waals surface area contributed by atoms with Gasteiger partial charge in [0.25, 0.3) is 0 Å². The molecule has 1 rings (SSSR count). The van der Waals surface area contributed by atoms with Gasteiger partial charge in [-0.25, -0.2) is 4.98 Å². The van der Waals surface area contributed by atoms with Crippen LogP contribution in [0, 0.1) is 5.41 Å². The maximum absolute atomic E-state index is 11.7. The average Bonchev–Trinajstić information content (AvgIpc) is 2.74. The highest BCUT2D eigenvalue weighted by Gasteiger charge is 2.28.